The molecule has 0 N–H and O–H groups in total. The summed E-state index contributed by atoms with van der Waals surface area (Å²) in [4.78, 5) is 33.1. The number of pyridine rings is 1. The molecule has 3 heterocycles. The molecule has 1 aliphatic heterocycles. The molecule has 33 heavy (non-hydrogen) atoms. The predicted molar refractivity (Wildman–Crippen MR) is 115 cm³/mol. The number of carbonyl (C=O) groups is 2. The lowest BCUT2D eigenvalue weighted by Crippen LogP contribution is -2.51. The average Bonchev–Trinajstić information content (AvgIpc) is 3.12. The fourth-order valence-electron chi connectivity index (χ4n) is 3.92. The Hall–Kier alpha value is -3.69. The van der Waals surface area contributed by atoms with Crippen molar-refractivity contribution >= 4 is 17.5 Å². The molecule has 3 aromatic rings. The number of aryl methyl sites for hydroxylation is 1. The van der Waals surface area contributed by atoms with Crippen molar-refractivity contribution in [2.24, 2.45) is 0 Å². The van der Waals surface area contributed by atoms with E-state index in [0.29, 0.717) is 30.3 Å². The van der Waals surface area contributed by atoms with Crippen LogP contribution in [0.2, 0.25) is 0 Å². The van der Waals surface area contributed by atoms with Crippen LogP contribution in [-0.4, -0.2) is 57.5 Å². The van der Waals surface area contributed by atoms with Gasteiger partial charge in [0.1, 0.15) is 5.82 Å². The number of anilines is 1. The third-order valence-corrected chi connectivity index (χ3v) is 5.68. The van der Waals surface area contributed by atoms with Gasteiger partial charge < -0.3 is 9.80 Å². The first kappa shape index (κ1) is 22.5. The number of ketones is 1. The summed E-state index contributed by atoms with van der Waals surface area (Å²) in [6.45, 7) is 4.69. The molecule has 0 saturated carbocycles. The molecule has 0 radical (unpaired) electrons. The molecule has 172 valence electrons. The normalized spacial score (nSPS) is 14.5. The van der Waals surface area contributed by atoms with Crippen LogP contribution in [0.1, 0.15) is 27.3 Å². The van der Waals surface area contributed by atoms with Crippen molar-refractivity contribution in [1.29, 1.82) is 0 Å². The number of halogens is 3. The molecule has 1 amide bonds. The number of hydrogen-bond donors (Lipinski definition) is 0. The summed E-state index contributed by atoms with van der Waals surface area (Å²) in [5.41, 5.74) is 1.33. The van der Waals surface area contributed by atoms with Crippen molar-refractivity contribution in [2.75, 3.05) is 31.1 Å². The fourth-order valence-corrected chi connectivity index (χ4v) is 3.92. The highest BCUT2D eigenvalue weighted by atomic mass is 19.4. The Kier molecular flexibility index (Phi) is 5.92. The van der Waals surface area contributed by atoms with Gasteiger partial charge in [0.05, 0.1) is 28.2 Å². The largest absolute Gasteiger partial charge is 0.417 e. The highest BCUT2D eigenvalue weighted by Gasteiger charge is 2.33. The SMILES string of the molecule is Cc1nn(-c2ccccc2)c(C)c1C(=O)C(=O)N1CCN(c2ccc(C(F)(F)F)cn2)CC1. The van der Waals surface area contributed by atoms with Gasteiger partial charge in [0, 0.05) is 32.4 Å². The predicted octanol–water partition coefficient (Wildman–Crippen LogP) is 3.43. The van der Waals surface area contributed by atoms with Gasteiger partial charge in [-0.05, 0) is 38.1 Å². The Morgan fingerprint density at radius 3 is 2.18 bits per heavy atom. The third kappa shape index (κ3) is 4.46. The van der Waals surface area contributed by atoms with Crippen molar-refractivity contribution in [3.8, 4) is 5.69 Å². The zero-order valence-corrected chi connectivity index (χ0v) is 18.1. The Bertz CT molecular complexity index is 1170. The van der Waals surface area contributed by atoms with E-state index in [0.717, 1.165) is 18.0 Å². The number of nitrogens with zero attached hydrogens (tertiary/aromatic N) is 5. The van der Waals surface area contributed by atoms with Gasteiger partial charge in [-0.25, -0.2) is 9.67 Å². The summed E-state index contributed by atoms with van der Waals surface area (Å²) >= 11 is 0. The van der Waals surface area contributed by atoms with Gasteiger partial charge in [0.25, 0.3) is 11.7 Å². The number of amides is 1. The average molecular weight is 457 g/mol. The maximum atomic E-state index is 13.0. The van der Waals surface area contributed by atoms with E-state index in [-0.39, 0.29) is 18.7 Å². The Morgan fingerprint density at radius 1 is 0.939 bits per heavy atom. The molecular weight excluding hydrogens is 435 g/mol. The van der Waals surface area contributed by atoms with Crippen molar-refractivity contribution < 1.29 is 22.8 Å². The van der Waals surface area contributed by atoms with Crippen LogP contribution in [0.4, 0.5) is 19.0 Å². The summed E-state index contributed by atoms with van der Waals surface area (Å²) in [7, 11) is 0. The van der Waals surface area contributed by atoms with Gasteiger partial charge in [0.2, 0.25) is 0 Å². The number of aromatic nitrogens is 3. The van der Waals surface area contributed by atoms with Crippen LogP contribution in [0, 0.1) is 13.8 Å². The minimum Gasteiger partial charge on any atom is -0.353 e. The molecule has 0 atom stereocenters. The van der Waals surface area contributed by atoms with Crippen LogP contribution in [0.15, 0.2) is 48.7 Å². The van der Waals surface area contributed by atoms with Crippen LogP contribution >= 0.6 is 0 Å². The summed E-state index contributed by atoms with van der Waals surface area (Å²) in [6, 6.07) is 11.6. The molecule has 0 bridgehead atoms. The molecule has 1 aliphatic rings. The van der Waals surface area contributed by atoms with E-state index in [1.807, 2.05) is 30.3 Å². The van der Waals surface area contributed by atoms with Gasteiger partial charge in [0.15, 0.2) is 0 Å². The maximum absolute atomic E-state index is 13.0. The van der Waals surface area contributed by atoms with Crippen molar-refractivity contribution in [3.63, 3.8) is 0 Å². The topological polar surface area (TPSA) is 71.3 Å². The molecule has 1 saturated heterocycles. The molecule has 0 spiro atoms. The van der Waals surface area contributed by atoms with E-state index < -0.39 is 23.4 Å². The number of hydrogen-bond acceptors (Lipinski definition) is 5. The second-order valence-electron chi connectivity index (χ2n) is 7.80. The minimum absolute atomic E-state index is 0.262. The summed E-state index contributed by atoms with van der Waals surface area (Å²) < 4.78 is 39.9. The number of Topliss-reactive ketones (excluding diaryl/α,β-unsaturated/α-hetero) is 1. The number of alkyl halides is 3. The van der Waals surface area contributed by atoms with E-state index in [1.54, 1.807) is 23.4 Å². The molecule has 0 unspecified atom stereocenters. The van der Waals surface area contributed by atoms with Crippen LogP contribution in [0.25, 0.3) is 5.69 Å². The molecule has 0 aliphatic carbocycles. The van der Waals surface area contributed by atoms with Crippen molar-refractivity contribution in [2.45, 2.75) is 20.0 Å². The second kappa shape index (κ2) is 8.68. The van der Waals surface area contributed by atoms with E-state index in [1.165, 1.54) is 11.0 Å². The second-order valence-corrected chi connectivity index (χ2v) is 7.80. The van der Waals surface area contributed by atoms with E-state index in [9.17, 15) is 22.8 Å². The summed E-state index contributed by atoms with van der Waals surface area (Å²) in [5, 5.41) is 4.43. The van der Waals surface area contributed by atoms with Gasteiger partial charge in [-0.2, -0.15) is 18.3 Å². The maximum Gasteiger partial charge on any atom is 0.417 e. The van der Waals surface area contributed by atoms with Gasteiger partial charge >= 0.3 is 6.18 Å². The molecule has 4 rings (SSSR count). The van der Waals surface area contributed by atoms with Crippen LogP contribution < -0.4 is 4.90 Å². The third-order valence-electron chi connectivity index (χ3n) is 5.68. The first-order valence-electron chi connectivity index (χ1n) is 10.4. The van der Waals surface area contributed by atoms with Gasteiger partial charge in [-0.15, -0.1) is 0 Å². The van der Waals surface area contributed by atoms with Crippen molar-refractivity contribution in [1.82, 2.24) is 19.7 Å². The first-order chi connectivity index (χ1) is 15.7. The summed E-state index contributed by atoms with van der Waals surface area (Å²) in [6.07, 6.45) is -3.64. The standard InChI is InChI=1S/C23H22F3N5O2/c1-15-20(16(2)31(28-15)18-6-4-3-5-7-18)21(32)22(33)30-12-10-29(11-13-30)19-9-8-17(14-27-19)23(24,25)26/h3-9,14H,10-13H2,1-2H3. The Morgan fingerprint density at radius 2 is 1.61 bits per heavy atom. The molecule has 2 aromatic heterocycles. The number of carbonyl (C=O) groups excluding carboxylic acids is 2. The number of para-hydroxylation sites is 1. The smallest absolute Gasteiger partial charge is 0.353 e. The highest BCUT2D eigenvalue weighted by Crippen LogP contribution is 2.29. The lowest BCUT2D eigenvalue weighted by molar-refractivity contribution is -0.137. The summed E-state index contributed by atoms with van der Waals surface area (Å²) in [5.74, 6) is -0.834. The molecule has 10 heteroatoms. The molecule has 1 aromatic carbocycles. The van der Waals surface area contributed by atoms with Gasteiger partial charge in [-0.1, -0.05) is 18.2 Å². The molecule has 7 nitrogen and oxygen atoms in total. The van der Waals surface area contributed by atoms with Gasteiger partial charge in [-0.3, -0.25) is 9.59 Å². The van der Waals surface area contributed by atoms with Crippen LogP contribution in [0.3, 0.4) is 0 Å². The zero-order chi connectivity index (χ0) is 23.8. The minimum atomic E-state index is -4.44. The van der Waals surface area contributed by atoms with E-state index in [4.69, 9.17) is 0 Å². The lowest BCUT2D eigenvalue weighted by Gasteiger charge is -2.35. The van der Waals surface area contributed by atoms with Crippen molar-refractivity contribution in [3.05, 3.63) is 71.2 Å². The lowest BCUT2D eigenvalue weighted by atomic mass is 10.1. The quantitative estimate of drug-likeness (QED) is 0.444. The van der Waals surface area contributed by atoms with Crippen LogP contribution in [-0.2, 0) is 11.0 Å². The Labute approximate surface area is 188 Å². The van der Waals surface area contributed by atoms with E-state index >= 15 is 0 Å². The molecule has 1 fully saturated rings. The van der Waals surface area contributed by atoms with Crippen LogP contribution in [0.5, 0.6) is 0 Å². The fraction of sp³-hybridized carbons (Fsp3) is 0.304. The Balaban J connectivity index is 1.44. The monoisotopic (exact) mass is 457 g/mol. The number of rotatable bonds is 4. The number of benzene rings is 1. The van der Waals surface area contributed by atoms with E-state index in [2.05, 4.69) is 10.1 Å². The zero-order valence-electron chi connectivity index (χ0n) is 18.1. The first-order valence-corrected chi connectivity index (χ1v) is 10.4. The number of piperazine rings is 1. The molecular formula is C23H22F3N5O2. The highest BCUT2D eigenvalue weighted by molar-refractivity contribution is 6.43.